The van der Waals surface area contributed by atoms with E-state index in [1.165, 1.54) is 0 Å². The van der Waals surface area contributed by atoms with Crippen LogP contribution in [0.4, 0.5) is 0 Å². The Kier molecular flexibility index (Phi) is 12.8. The molecule has 4 heterocycles. The van der Waals surface area contributed by atoms with Gasteiger partial charge in [0.25, 0.3) is 11.8 Å². The standard InChI is InChI=1S/C41H50N12O7/c1-8-52-33(19-24(4)46-52)38(57)44-40-48(6)31-21-26(36(42)55)11-13-29(31)50(40)17-15-28(60-23-35(54)59-10-3)16-18-51-30-14-12-27(37(43)56)22-32(30)49(7)41(51)45-39(58)34-20-25(5)47-53(34)9-2/h11-14,19-22,28H,8-10,15-18,23H2,1-7H3,(H2,42,55)(H2,43,56). The molecule has 0 atom stereocenters. The van der Waals surface area contributed by atoms with E-state index in [0.29, 0.717) is 82.0 Å². The van der Waals surface area contributed by atoms with Crippen molar-refractivity contribution >= 4 is 51.7 Å². The molecule has 0 fully saturated rings. The molecule has 4 amide bonds. The molecule has 0 aliphatic rings. The summed E-state index contributed by atoms with van der Waals surface area (Å²) in [6.45, 7) is 10.4. The summed E-state index contributed by atoms with van der Waals surface area (Å²) >= 11 is 0. The number of nitrogens with zero attached hydrogens (tertiary/aromatic N) is 10. The van der Waals surface area contributed by atoms with Crippen LogP contribution in [0.2, 0.25) is 0 Å². The van der Waals surface area contributed by atoms with Crippen molar-refractivity contribution in [2.75, 3.05) is 13.2 Å². The van der Waals surface area contributed by atoms with E-state index < -0.39 is 35.7 Å². The molecule has 2 aromatic carbocycles. The monoisotopic (exact) mass is 822 g/mol. The number of nitrogens with two attached hydrogens (primary N) is 2. The number of benzene rings is 2. The van der Waals surface area contributed by atoms with Crippen molar-refractivity contribution < 1.29 is 33.4 Å². The molecule has 60 heavy (non-hydrogen) atoms. The van der Waals surface area contributed by atoms with Gasteiger partial charge in [0.05, 0.1) is 46.2 Å². The maximum absolute atomic E-state index is 13.7. The van der Waals surface area contributed by atoms with E-state index in [4.69, 9.17) is 20.9 Å². The highest BCUT2D eigenvalue weighted by atomic mass is 16.6. The van der Waals surface area contributed by atoms with Gasteiger partial charge in [-0.3, -0.25) is 28.5 Å². The number of carbonyl (C=O) groups is 5. The molecule has 0 saturated heterocycles. The zero-order valence-corrected chi connectivity index (χ0v) is 34.8. The Morgan fingerprint density at radius 3 is 1.48 bits per heavy atom. The molecule has 0 bridgehead atoms. The van der Waals surface area contributed by atoms with Crippen LogP contribution in [-0.2, 0) is 54.5 Å². The fourth-order valence-electron chi connectivity index (χ4n) is 7.31. The predicted octanol–water partition coefficient (Wildman–Crippen LogP) is 2.43. The molecule has 6 rings (SSSR count). The van der Waals surface area contributed by atoms with Gasteiger partial charge >= 0.3 is 5.97 Å². The predicted molar refractivity (Wildman–Crippen MR) is 220 cm³/mol. The number of aryl methyl sites for hydroxylation is 8. The molecule has 0 saturated carbocycles. The van der Waals surface area contributed by atoms with Gasteiger partial charge in [-0.15, -0.1) is 0 Å². The fourth-order valence-corrected chi connectivity index (χ4v) is 7.31. The molecule has 0 aliphatic heterocycles. The van der Waals surface area contributed by atoms with Gasteiger partial charge in [0.1, 0.15) is 18.0 Å². The van der Waals surface area contributed by atoms with Crippen LogP contribution >= 0.6 is 0 Å². The quantitative estimate of drug-likeness (QED) is 0.136. The summed E-state index contributed by atoms with van der Waals surface area (Å²) in [6.07, 6.45) is 0.0530. The summed E-state index contributed by atoms with van der Waals surface area (Å²) in [5.74, 6) is -2.76. The third-order valence-corrected chi connectivity index (χ3v) is 10.2. The van der Waals surface area contributed by atoms with Crippen LogP contribution in [0.5, 0.6) is 0 Å². The van der Waals surface area contributed by atoms with Crippen LogP contribution in [0.15, 0.2) is 58.5 Å². The number of primary amides is 2. The van der Waals surface area contributed by atoms with Crippen LogP contribution in [0.1, 0.15) is 86.7 Å². The summed E-state index contributed by atoms with van der Waals surface area (Å²) in [6, 6.07) is 13.4. The van der Waals surface area contributed by atoms with Crippen molar-refractivity contribution in [1.29, 1.82) is 0 Å². The van der Waals surface area contributed by atoms with Crippen molar-refractivity contribution in [3.8, 4) is 0 Å². The van der Waals surface area contributed by atoms with Crippen molar-refractivity contribution in [3.63, 3.8) is 0 Å². The SMILES string of the molecule is CCOC(=O)COC(CCn1c(=NC(=O)c2cc(C)nn2CC)n(C)c2cc(C(N)=O)ccc21)CCn1c(=NC(=O)c2cc(C)nn2CC)n(C)c2cc(C(N)=O)ccc21. The molecule has 0 unspecified atom stereocenters. The van der Waals surface area contributed by atoms with E-state index in [-0.39, 0.29) is 37.4 Å². The lowest BCUT2D eigenvalue weighted by Gasteiger charge is -2.19. The van der Waals surface area contributed by atoms with Crippen molar-refractivity contribution in [1.82, 2.24) is 37.8 Å². The lowest BCUT2D eigenvalue weighted by Crippen LogP contribution is -2.31. The van der Waals surface area contributed by atoms with E-state index >= 15 is 0 Å². The second-order valence-electron chi connectivity index (χ2n) is 14.3. The van der Waals surface area contributed by atoms with E-state index in [1.54, 1.807) is 102 Å². The molecule has 0 radical (unpaired) electrons. The maximum Gasteiger partial charge on any atom is 0.332 e. The Morgan fingerprint density at radius 2 is 1.10 bits per heavy atom. The highest BCUT2D eigenvalue weighted by molar-refractivity contribution is 5.98. The number of esters is 1. The lowest BCUT2D eigenvalue weighted by molar-refractivity contribution is -0.150. The van der Waals surface area contributed by atoms with Gasteiger partial charge in [-0.25, -0.2) is 4.79 Å². The molecule has 4 aromatic heterocycles. The van der Waals surface area contributed by atoms with E-state index in [2.05, 4.69) is 20.2 Å². The highest BCUT2D eigenvalue weighted by Crippen LogP contribution is 2.20. The molecular weight excluding hydrogens is 773 g/mol. The van der Waals surface area contributed by atoms with Crippen molar-refractivity contribution in [2.45, 2.75) is 79.7 Å². The first-order valence-corrected chi connectivity index (χ1v) is 19.7. The number of aromatic nitrogens is 8. The summed E-state index contributed by atoms with van der Waals surface area (Å²) in [4.78, 5) is 73.6. The third kappa shape index (κ3) is 8.75. The molecule has 19 heteroatoms. The first kappa shape index (κ1) is 42.7. The van der Waals surface area contributed by atoms with Crippen LogP contribution in [0.3, 0.4) is 0 Å². The van der Waals surface area contributed by atoms with Gasteiger partial charge in [-0.2, -0.15) is 20.2 Å². The first-order valence-electron chi connectivity index (χ1n) is 19.7. The normalized spacial score (nSPS) is 12.8. The fraction of sp³-hybridized carbons (Fsp3) is 0.390. The molecule has 19 nitrogen and oxygen atoms in total. The zero-order chi connectivity index (χ0) is 43.4. The number of fused-ring (bicyclic) bond motifs is 2. The van der Waals surface area contributed by atoms with Gasteiger partial charge in [-0.05, 0) is 96.0 Å². The second-order valence-corrected chi connectivity index (χ2v) is 14.3. The largest absolute Gasteiger partial charge is 0.464 e. The smallest absolute Gasteiger partial charge is 0.332 e. The second kappa shape index (κ2) is 17.9. The third-order valence-electron chi connectivity index (χ3n) is 10.2. The van der Waals surface area contributed by atoms with E-state index in [9.17, 15) is 24.0 Å². The number of hydrogen-bond acceptors (Lipinski definition) is 9. The number of amides is 4. The van der Waals surface area contributed by atoms with Crippen LogP contribution in [-0.4, -0.2) is 86.7 Å². The maximum atomic E-state index is 13.7. The summed E-state index contributed by atoms with van der Waals surface area (Å²) in [5.41, 5.74) is 17.0. The Bertz CT molecular complexity index is 2610. The molecule has 0 spiro atoms. The van der Waals surface area contributed by atoms with Gasteiger partial charge < -0.3 is 39.2 Å². The Balaban J connectivity index is 1.41. The van der Waals surface area contributed by atoms with Crippen LogP contribution < -0.4 is 22.7 Å². The van der Waals surface area contributed by atoms with Crippen LogP contribution in [0.25, 0.3) is 22.1 Å². The average molecular weight is 823 g/mol. The molecule has 4 N–H and O–H groups in total. The number of imidazole rings is 2. The van der Waals surface area contributed by atoms with Gasteiger partial charge in [0.15, 0.2) is 0 Å². The number of rotatable bonds is 16. The topological polar surface area (TPSA) is 236 Å². The van der Waals surface area contributed by atoms with E-state index in [0.717, 1.165) is 0 Å². The average Bonchev–Trinajstić information content (AvgIpc) is 3.95. The minimum Gasteiger partial charge on any atom is -0.464 e. The molecule has 316 valence electrons. The summed E-state index contributed by atoms with van der Waals surface area (Å²) < 4.78 is 21.7. The lowest BCUT2D eigenvalue weighted by atomic mass is 10.1. The Hall–Kier alpha value is -6.89. The molecular formula is C41H50N12O7. The molecule has 0 aliphatic carbocycles. The van der Waals surface area contributed by atoms with Crippen molar-refractivity contribution in [2.24, 2.45) is 35.5 Å². The van der Waals surface area contributed by atoms with Gasteiger partial charge in [0, 0.05) is 51.4 Å². The highest BCUT2D eigenvalue weighted by Gasteiger charge is 2.22. The molecule has 6 aromatic rings. The minimum absolute atomic E-state index is 0.176. The first-order chi connectivity index (χ1) is 28.6. The minimum atomic E-state index is -0.607. The van der Waals surface area contributed by atoms with Gasteiger partial charge in [0.2, 0.25) is 23.1 Å². The van der Waals surface area contributed by atoms with Crippen LogP contribution in [0, 0.1) is 13.8 Å². The van der Waals surface area contributed by atoms with Crippen molar-refractivity contribution in [3.05, 3.63) is 93.7 Å². The number of carbonyl (C=O) groups excluding carboxylic acids is 5. The zero-order valence-electron chi connectivity index (χ0n) is 34.8. The van der Waals surface area contributed by atoms with E-state index in [1.807, 2.05) is 23.0 Å². The number of ether oxygens (including phenoxy) is 2. The summed E-state index contributed by atoms with van der Waals surface area (Å²) in [5, 5.41) is 8.81. The number of hydrogen-bond donors (Lipinski definition) is 2. The van der Waals surface area contributed by atoms with Gasteiger partial charge in [-0.1, -0.05) is 0 Å². The summed E-state index contributed by atoms with van der Waals surface area (Å²) in [7, 11) is 3.49. The Labute approximate surface area is 344 Å². The Morgan fingerprint density at radius 1 is 0.667 bits per heavy atom.